The van der Waals surface area contributed by atoms with Crippen LogP contribution in [-0.2, 0) is 0 Å². The first kappa shape index (κ1) is 17.2. The standard InChI is InChI=1S/C18H17ClN2O4/c1-25-15-5-2-12(3-6-15)13-8-9-20(11-13)18(22)16-10-14(21(23)24)4-7-17(16)19/h2-7,10,13H,8-9,11H2,1H3. The highest BCUT2D eigenvalue weighted by Crippen LogP contribution is 2.31. The SMILES string of the molecule is COc1ccc(C2CCN(C(=O)c3cc([N+](=O)[O-])ccc3Cl)C2)cc1. The van der Waals surface area contributed by atoms with Gasteiger partial charge in [0.15, 0.2) is 0 Å². The number of amides is 1. The van der Waals surface area contributed by atoms with Gasteiger partial charge >= 0.3 is 0 Å². The maximum atomic E-state index is 12.7. The van der Waals surface area contributed by atoms with Crippen LogP contribution in [0.2, 0.25) is 5.02 Å². The first-order valence-electron chi connectivity index (χ1n) is 7.86. The first-order valence-corrected chi connectivity index (χ1v) is 8.24. The Hall–Kier alpha value is -2.60. The summed E-state index contributed by atoms with van der Waals surface area (Å²) in [7, 11) is 1.62. The van der Waals surface area contributed by atoms with Crippen molar-refractivity contribution in [1.82, 2.24) is 4.90 Å². The van der Waals surface area contributed by atoms with Crippen molar-refractivity contribution >= 4 is 23.2 Å². The summed E-state index contributed by atoms with van der Waals surface area (Å²) < 4.78 is 5.16. The van der Waals surface area contributed by atoms with Gasteiger partial charge in [-0.1, -0.05) is 23.7 Å². The van der Waals surface area contributed by atoms with Crippen molar-refractivity contribution in [3.63, 3.8) is 0 Å². The number of hydrogen-bond donors (Lipinski definition) is 0. The van der Waals surface area contributed by atoms with Crippen LogP contribution in [0.4, 0.5) is 5.69 Å². The van der Waals surface area contributed by atoms with Crippen LogP contribution in [0.15, 0.2) is 42.5 Å². The van der Waals surface area contributed by atoms with E-state index >= 15 is 0 Å². The number of nitro benzene ring substituents is 1. The van der Waals surface area contributed by atoms with Gasteiger partial charge < -0.3 is 9.64 Å². The number of benzene rings is 2. The van der Waals surface area contributed by atoms with Crippen molar-refractivity contribution in [2.75, 3.05) is 20.2 Å². The third kappa shape index (κ3) is 3.58. The van der Waals surface area contributed by atoms with Crippen molar-refractivity contribution in [2.45, 2.75) is 12.3 Å². The maximum Gasteiger partial charge on any atom is 0.270 e. The molecule has 0 spiro atoms. The summed E-state index contributed by atoms with van der Waals surface area (Å²) in [5, 5.41) is 11.2. The number of nitrogens with zero attached hydrogens (tertiary/aromatic N) is 2. The van der Waals surface area contributed by atoms with E-state index in [0.29, 0.717) is 13.1 Å². The predicted octanol–water partition coefficient (Wildman–Crippen LogP) is 3.89. The Morgan fingerprint density at radius 3 is 2.64 bits per heavy atom. The number of rotatable bonds is 4. The van der Waals surface area contributed by atoms with Gasteiger partial charge in [0.05, 0.1) is 22.6 Å². The Bertz CT molecular complexity index is 807. The van der Waals surface area contributed by atoms with Crippen molar-refractivity contribution in [1.29, 1.82) is 0 Å². The van der Waals surface area contributed by atoms with Gasteiger partial charge in [-0.05, 0) is 30.2 Å². The molecule has 0 radical (unpaired) electrons. The van der Waals surface area contributed by atoms with Gasteiger partial charge in [-0.25, -0.2) is 0 Å². The van der Waals surface area contributed by atoms with Gasteiger partial charge in [-0.15, -0.1) is 0 Å². The zero-order valence-electron chi connectivity index (χ0n) is 13.6. The Kier molecular flexibility index (Phi) is 4.90. The second kappa shape index (κ2) is 7.11. The Balaban J connectivity index is 1.76. The van der Waals surface area contributed by atoms with E-state index in [1.54, 1.807) is 12.0 Å². The van der Waals surface area contributed by atoms with E-state index in [0.717, 1.165) is 17.7 Å². The molecular formula is C18H17ClN2O4. The maximum absolute atomic E-state index is 12.7. The van der Waals surface area contributed by atoms with Gasteiger partial charge in [0, 0.05) is 31.1 Å². The van der Waals surface area contributed by atoms with E-state index in [-0.39, 0.29) is 28.1 Å². The third-order valence-corrected chi connectivity index (χ3v) is 4.78. The van der Waals surface area contributed by atoms with E-state index in [2.05, 4.69) is 0 Å². The van der Waals surface area contributed by atoms with Gasteiger partial charge in [-0.2, -0.15) is 0 Å². The lowest BCUT2D eigenvalue weighted by atomic mass is 9.98. The number of halogens is 1. The quantitative estimate of drug-likeness (QED) is 0.612. The molecule has 0 bridgehead atoms. The molecule has 1 saturated heterocycles. The fourth-order valence-corrected chi connectivity index (χ4v) is 3.25. The highest BCUT2D eigenvalue weighted by atomic mass is 35.5. The molecule has 0 aliphatic carbocycles. The number of likely N-dealkylation sites (tertiary alicyclic amines) is 1. The van der Waals surface area contributed by atoms with Crippen LogP contribution < -0.4 is 4.74 Å². The minimum Gasteiger partial charge on any atom is -0.497 e. The van der Waals surface area contributed by atoms with Crippen LogP contribution >= 0.6 is 11.6 Å². The van der Waals surface area contributed by atoms with E-state index in [9.17, 15) is 14.9 Å². The number of methoxy groups -OCH3 is 1. The van der Waals surface area contributed by atoms with E-state index in [4.69, 9.17) is 16.3 Å². The number of nitro groups is 1. The molecule has 3 rings (SSSR count). The second-order valence-electron chi connectivity index (χ2n) is 5.93. The molecule has 1 aliphatic heterocycles. The lowest BCUT2D eigenvalue weighted by Crippen LogP contribution is -2.28. The Labute approximate surface area is 150 Å². The molecule has 1 amide bonds. The molecule has 1 heterocycles. The first-order chi connectivity index (χ1) is 12.0. The molecule has 1 fully saturated rings. The van der Waals surface area contributed by atoms with Gasteiger partial charge in [0.1, 0.15) is 5.75 Å². The van der Waals surface area contributed by atoms with Crippen LogP contribution in [0.3, 0.4) is 0 Å². The number of carbonyl (C=O) groups is 1. The molecule has 0 N–H and O–H groups in total. The van der Waals surface area contributed by atoms with Crippen molar-refractivity contribution < 1.29 is 14.5 Å². The Morgan fingerprint density at radius 1 is 1.28 bits per heavy atom. The summed E-state index contributed by atoms with van der Waals surface area (Å²) in [6.07, 6.45) is 0.838. The molecule has 1 atom stereocenters. The van der Waals surface area contributed by atoms with Crippen molar-refractivity contribution in [3.05, 3.63) is 68.7 Å². The summed E-state index contributed by atoms with van der Waals surface area (Å²) in [5.41, 5.74) is 1.17. The predicted molar refractivity (Wildman–Crippen MR) is 94.4 cm³/mol. The molecule has 1 unspecified atom stereocenters. The highest BCUT2D eigenvalue weighted by Gasteiger charge is 2.29. The minimum absolute atomic E-state index is 0.140. The average Bonchev–Trinajstić information content (AvgIpc) is 3.11. The second-order valence-corrected chi connectivity index (χ2v) is 6.34. The third-order valence-electron chi connectivity index (χ3n) is 4.45. The minimum atomic E-state index is -0.531. The monoisotopic (exact) mass is 360 g/mol. The number of non-ortho nitro benzene ring substituents is 1. The largest absolute Gasteiger partial charge is 0.497 e. The van der Waals surface area contributed by atoms with E-state index in [1.165, 1.54) is 18.2 Å². The highest BCUT2D eigenvalue weighted by molar-refractivity contribution is 6.33. The lowest BCUT2D eigenvalue weighted by molar-refractivity contribution is -0.384. The molecule has 25 heavy (non-hydrogen) atoms. The molecule has 2 aromatic rings. The summed E-state index contributed by atoms with van der Waals surface area (Å²) in [6, 6.07) is 11.7. The lowest BCUT2D eigenvalue weighted by Gasteiger charge is -2.17. The molecule has 2 aromatic carbocycles. The van der Waals surface area contributed by atoms with Crippen LogP contribution in [0, 0.1) is 10.1 Å². The van der Waals surface area contributed by atoms with Crippen molar-refractivity contribution in [3.8, 4) is 5.75 Å². The Morgan fingerprint density at radius 2 is 2.00 bits per heavy atom. The van der Waals surface area contributed by atoms with Crippen LogP contribution in [0.5, 0.6) is 5.75 Å². The average molecular weight is 361 g/mol. The summed E-state index contributed by atoms with van der Waals surface area (Å²) in [5.74, 6) is 0.745. The molecule has 1 aliphatic rings. The molecule has 7 heteroatoms. The van der Waals surface area contributed by atoms with Gasteiger partial charge in [0.25, 0.3) is 11.6 Å². The number of hydrogen-bond acceptors (Lipinski definition) is 4. The zero-order valence-corrected chi connectivity index (χ0v) is 14.4. The topological polar surface area (TPSA) is 72.7 Å². The van der Waals surface area contributed by atoms with E-state index in [1.807, 2.05) is 24.3 Å². The van der Waals surface area contributed by atoms with Crippen LogP contribution in [-0.4, -0.2) is 35.9 Å². The summed E-state index contributed by atoms with van der Waals surface area (Å²) in [4.78, 5) is 24.8. The molecule has 6 nitrogen and oxygen atoms in total. The van der Waals surface area contributed by atoms with Crippen LogP contribution in [0.1, 0.15) is 28.3 Å². The molecule has 130 valence electrons. The van der Waals surface area contributed by atoms with Crippen molar-refractivity contribution in [2.24, 2.45) is 0 Å². The molecule has 0 aromatic heterocycles. The zero-order chi connectivity index (χ0) is 18.0. The van der Waals surface area contributed by atoms with E-state index < -0.39 is 4.92 Å². The molecular weight excluding hydrogens is 344 g/mol. The van der Waals surface area contributed by atoms with Crippen LogP contribution in [0.25, 0.3) is 0 Å². The summed E-state index contributed by atoms with van der Waals surface area (Å²) >= 11 is 6.08. The number of carbonyl (C=O) groups excluding carboxylic acids is 1. The fraction of sp³-hybridized carbons (Fsp3) is 0.278. The number of ether oxygens (including phenoxy) is 1. The normalized spacial score (nSPS) is 16.7. The summed E-state index contributed by atoms with van der Waals surface area (Å²) in [6.45, 7) is 1.15. The smallest absolute Gasteiger partial charge is 0.270 e. The fourth-order valence-electron chi connectivity index (χ4n) is 3.05. The molecule has 0 saturated carbocycles. The van der Waals surface area contributed by atoms with Gasteiger partial charge in [-0.3, -0.25) is 14.9 Å². The van der Waals surface area contributed by atoms with Gasteiger partial charge in [0.2, 0.25) is 0 Å².